The van der Waals surface area contributed by atoms with Crippen molar-refractivity contribution in [2.24, 2.45) is 0 Å². The average Bonchev–Trinajstić information content (AvgIpc) is 3.08. The largest absolute Gasteiger partial charge is 0.467 e. The van der Waals surface area contributed by atoms with E-state index in [1.54, 1.807) is 6.26 Å². The Morgan fingerprint density at radius 3 is 3.11 bits per heavy atom. The van der Waals surface area contributed by atoms with E-state index < -0.39 is 0 Å². The fourth-order valence-corrected chi connectivity index (χ4v) is 2.58. The molecule has 0 radical (unpaired) electrons. The second kappa shape index (κ2) is 5.26. The van der Waals surface area contributed by atoms with Gasteiger partial charge in [0.05, 0.1) is 18.5 Å². The number of amides is 1. The first-order chi connectivity index (χ1) is 9.36. The molecule has 0 aliphatic carbocycles. The van der Waals surface area contributed by atoms with Gasteiger partial charge in [0.25, 0.3) is 5.91 Å². The molecular weight excluding hydrogens is 244 g/mol. The van der Waals surface area contributed by atoms with Crippen molar-refractivity contribution in [3.63, 3.8) is 0 Å². The van der Waals surface area contributed by atoms with Crippen molar-refractivity contribution >= 4 is 5.91 Å². The van der Waals surface area contributed by atoms with Crippen LogP contribution < -0.4 is 0 Å². The van der Waals surface area contributed by atoms with Gasteiger partial charge >= 0.3 is 0 Å². The van der Waals surface area contributed by atoms with Gasteiger partial charge in [-0.3, -0.25) is 4.79 Å². The van der Waals surface area contributed by atoms with E-state index in [-0.39, 0.29) is 11.9 Å². The van der Waals surface area contributed by atoms with Crippen LogP contribution in [0.4, 0.5) is 0 Å². The summed E-state index contributed by atoms with van der Waals surface area (Å²) in [4.78, 5) is 14.3. The van der Waals surface area contributed by atoms with Crippen molar-refractivity contribution in [2.45, 2.75) is 31.7 Å². The smallest absolute Gasteiger partial charge is 0.276 e. The number of hydrogen-bond donors (Lipinski definition) is 1. The zero-order valence-electron chi connectivity index (χ0n) is 10.6. The summed E-state index contributed by atoms with van der Waals surface area (Å²) in [6.45, 7) is 0.733. The highest BCUT2D eigenvalue weighted by Gasteiger charge is 2.30. The normalized spacial score (nSPS) is 20.2. The van der Waals surface area contributed by atoms with E-state index >= 15 is 0 Å². The molecule has 0 aromatic carbocycles. The number of carbonyl (C=O) groups is 1. The Morgan fingerprint density at radius 1 is 1.42 bits per heavy atom. The van der Waals surface area contributed by atoms with E-state index in [0.29, 0.717) is 5.69 Å². The molecule has 1 aliphatic rings. The SMILES string of the molecule is O=C(c1cn[nH]n1)N1CCCCCC1c1ccco1. The third-order valence-corrected chi connectivity index (χ3v) is 3.52. The van der Waals surface area contributed by atoms with Crippen LogP contribution in [0.15, 0.2) is 29.0 Å². The lowest BCUT2D eigenvalue weighted by Gasteiger charge is -2.27. The zero-order chi connectivity index (χ0) is 13.1. The van der Waals surface area contributed by atoms with Gasteiger partial charge < -0.3 is 9.32 Å². The highest BCUT2D eigenvalue weighted by molar-refractivity contribution is 5.92. The number of hydrogen-bond acceptors (Lipinski definition) is 4. The molecule has 1 amide bonds. The van der Waals surface area contributed by atoms with Crippen molar-refractivity contribution in [3.05, 3.63) is 36.0 Å². The van der Waals surface area contributed by atoms with Crippen molar-refractivity contribution in [1.29, 1.82) is 0 Å². The number of H-pyrrole nitrogens is 1. The molecule has 1 unspecified atom stereocenters. The minimum Gasteiger partial charge on any atom is -0.467 e. The summed E-state index contributed by atoms with van der Waals surface area (Å²) < 4.78 is 5.49. The number of rotatable bonds is 2. The molecule has 19 heavy (non-hydrogen) atoms. The Kier molecular flexibility index (Phi) is 3.31. The molecule has 1 N–H and O–H groups in total. The minimum absolute atomic E-state index is 0.00157. The molecule has 0 bridgehead atoms. The van der Waals surface area contributed by atoms with E-state index in [9.17, 15) is 4.79 Å². The van der Waals surface area contributed by atoms with Crippen LogP contribution in [-0.4, -0.2) is 32.8 Å². The maximum Gasteiger partial charge on any atom is 0.276 e. The second-order valence-corrected chi connectivity index (χ2v) is 4.73. The summed E-state index contributed by atoms with van der Waals surface area (Å²) in [5, 5.41) is 10.1. The Hall–Kier alpha value is -2.11. The maximum absolute atomic E-state index is 12.5. The number of aromatic nitrogens is 3. The standard InChI is InChI=1S/C13H16N4O2/c18-13(10-9-14-16-15-10)17-7-3-1-2-5-11(17)12-6-4-8-19-12/h4,6,8-9,11H,1-3,5,7H2,(H,14,15,16). The van der Waals surface area contributed by atoms with Crippen LogP contribution in [0.25, 0.3) is 0 Å². The first kappa shape index (κ1) is 12.0. The summed E-state index contributed by atoms with van der Waals surface area (Å²) in [5.74, 6) is 0.760. The Morgan fingerprint density at radius 2 is 2.37 bits per heavy atom. The van der Waals surface area contributed by atoms with Gasteiger partial charge in [-0.15, -0.1) is 0 Å². The quantitative estimate of drug-likeness (QED) is 0.897. The monoisotopic (exact) mass is 260 g/mol. The molecule has 0 spiro atoms. The summed E-state index contributed by atoms with van der Waals surface area (Å²) in [5.41, 5.74) is 0.360. The fourth-order valence-electron chi connectivity index (χ4n) is 2.58. The van der Waals surface area contributed by atoms with Gasteiger partial charge in [0, 0.05) is 6.54 Å². The molecule has 1 saturated heterocycles. The van der Waals surface area contributed by atoms with Crippen molar-refractivity contribution in [2.75, 3.05) is 6.54 Å². The van der Waals surface area contributed by atoms with E-state index in [1.807, 2.05) is 17.0 Å². The highest BCUT2D eigenvalue weighted by Crippen LogP contribution is 2.31. The summed E-state index contributed by atoms with van der Waals surface area (Å²) >= 11 is 0. The van der Waals surface area contributed by atoms with Crippen molar-refractivity contribution in [1.82, 2.24) is 20.3 Å². The number of carbonyl (C=O) groups excluding carboxylic acids is 1. The third-order valence-electron chi connectivity index (χ3n) is 3.52. The molecule has 2 aromatic heterocycles. The van der Waals surface area contributed by atoms with Gasteiger partial charge in [-0.25, -0.2) is 0 Å². The number of nitrogens with one attached hydrogen (secondary N) is 1. The lowest BCUT2D eigenvalue weighted by molar-refractivity contribution is 0.0652. The fraction of sp³-hybridized carbons (Fsp3) is 0.462. The van der Waals surface area contributed by atoms with Crippen molar-refractivity contribution in [3.8, 4) is 0 Å². The van der Waals surface area contributed by atoms with E-state index in [0.717, 1.165) is 38.0 Å². The van der Waals surface area contributed by atoms with Crippen LogP contribution in [0.2, 0.25) is 0 Å². The second-order valence-electron chi connectivity index (χ2n) is 4.73. The van der Waals surface area contributed by atoms with Crippen LogP contribution in [0, 0.1) is 0 Å². The molecule has 1 atom stereocenters. The summed E-state index contributed by atoms with van der Waals surface area (Å²) in [7, 11) is 0. The van der Waals surface area contributed by atoms with Crippen LogP contribution in [0.3, 0.4) is 0 Å². The molecule has 1 fully saturated rings. The van der Waals surface area contributed by atoms with Crippen LogP contribution in [0.1, 0.15) is 48.0 Å². The summed E-state index contributed by atoms with van der Waals surface area (Å²) in [6.07, 6.45) is 7.30. The number of likely N-dealkylation sites (tertiary alicyclic amines) is 1. The maximum atomic E-state index is 12.5. The van der Waals surface area contributed by atoms with Crippen LogP contribution >= 0.6 is 0 Å². The van der Waals surface area contributed by atoms with E-state index in [4.69, 9.17) is 4.42 Å². The van der Waals surface area contributed by atoms with Gasteiger partial charge in [-0.1, -0.05) is 12.8 Å². The van der Waals surface area contributed by atoms with Crippen LogP contribution in [-0.2, 0) is 0 Å². The molecule has 1 aliphatic heterocycles. The number of furan rings is 1. The molecular formula is C13H16N4O2. The van der Waals surface area contributed by atoms with Crippen molar-refractivity contribution < 1.29 is 9.21 Å². The predicted octanol–water partition coefficient (Wildman–Crippen LogP) is 2.16. The molecule has 6 heteroatoms. The molecule has 2 aromatic rings. The van der Waals surface area contributed by atoms with E-state index in [2.05, 4.69) is 15.4 Å². The number of aromatic amines is 1. The lowest BCUT2D eigenvalue weighted by Crippen LogP contribution is -2.34. The third kappa shape index (κ3) is 2.38. The Balaban J connectivity index is 1.88. The number of nitrogens with zero attached hydrogens (tertiary/aromatic N) is 3. The topological polar surface area (TPSA) is 75.0 Å². The zero-order valence-corrected chi connectivity index (χ0v) is 10.6. The first-order valence-corrected chi connectivity index (χ1v) is 6.56. The summed E-state index contributed by atoms with van der Waals surface area (Å²) in [6, 6.07) is 3.79. The molecule has 3 heterocycles. The average molecular weight is 260 g/mol. The molecule has 6 nitrogen and oxygen atoms in total. The van der Waals surface area contributed by atoms with Gasteiger partial charge in [-0.2, -0.15) is 15.4 Å². The Labute approximate surface area is 110 Å². The predicted molar refractivity (Wildman–Crippen MR) is 67.3 cm³/mol. The molecule has 0 saturated carbocycles. The van der Waals surface area contributed by atoms with E-state index in [1.165, 1.54) is 6.20 Å². The minimum atomic E-state index is -0.0861. The van der Waals surface area contributed by atoms with Gasteiger partial charge in [0.1, 0.15) is 5.76 Å². The first-order valence-electron chi connectivity index (χ1n) is 6.56. The van der Waals surface area contributed by atoms with Gasteiger partial charge in [0.2, 0.25) is 0 Å². The van der Waals surface area contributed by atoms with Crippen LogP contribution in [0.5, 0.6) is 0 Å². The Bertz CT molecular complexity index is 521. The molecule has 100 valence electrons. The molecule has 3 rings (SSSR count). The van der Waals surface area contributed by atoms with Gasteiger partial charge in [0.15, 0.2) is 5.69 Å². The lowest BCUT2D eigenvalue weighted by atomic mass is 10.1. The highest BCUT2D eigenvalue weighted by atomic mass is 16.3. The van der Waals surface area contributed by atoms with Gasteiger partial charge in [-0.05, 0) is 25.0 Å².